The molecular weight excluding hydrogens is 402 g/mol. The Bertz CT molecular complexity index is 887. The van der Waals surface area contributed by atoms with Gasteiger partial charge in [-0.1, -0.05) is 6.07 Å². The fourth-order valence-electron chi connectivity index (χ4n) is 2.41. The summed E-state index contributed by atoms with van der Waals surface area (Å²) < 4.78 is 33.2. The molecule has 0 heterocycles. The molecule has 7 nitrogen and oxygen atoms in total. The molecule has 0 saturated heterocycles. The summed E-state index contributed by atoms with van der Waals surface area (Å²) in [5.41, 5.74) is 1.46. The highest BCUT2D eigenvalue weighted by molar-refractivity contribution is 7.92. The maximum absolute atomic E-state index is 12.7. The molecule has 0 atom stereocenters. The predicted molar refractivity (Wildman–Crippen MR) is 113 cm³/mol. The molecule has 0 fully saturated rings. The van der Waals surface area contributed by atoms with Gasteiger partial charge in [0, 0.05) is 24.3 Å². The largest absolute Gasteiger partial charge is 0.494 e. The molecule has 0 aliphatic heterocycles. The van der Waals surface area contributed by atoms with Gasteiger partial charge in [-0.3, -0.25) is 9.52 Å². The average Bonchev–Trinajstić information content (AvgIpc) is 2.63. The number of carbonyl (C=O) groups excluding carboxylic acids is 1. The van der Waals surface area contributed by atoms with Crippen LogP contribution in [0.1, 0.15) is 22.8 Å². The summed E-state index contributed by atoms with van der Waals surface area (Å²) in [7, 11) is -2.03. The first-order valence-electron chi connectivity index (χ1n) is 8.66. The molecule has 2 aromatic rings. The van der Waals surface area contributed by atoms with Gasteiger partial charge in [-0.2, -0.15) is 0 Å². The van der Waals surface area contributed by atoms with Crippen LogP contribution in [0.2, 0.25) is 0 Å². The molecule has 0 unspecified atom stereocenters. The highest BCUT2D eigenvalue weighted by atomic mass is 35.5. The molecule has 9 heteroatoms. The molecule has 0 radical (unpaired) electrons. The Kier molecular flexibility index (Phi) is 9.24. The van der Waals surface area contributed by atoms with Crippen molar-refractivity contribution in [1.82, 2.24) is 10.6 Å². The van der Waals surface area contributed by atoms with E-state index in [-0.39, 0.29) is 23.2 Å². The maximum Gasteiger partial charge on any atom is 0.261 e. The number of likely N-dealkylation sites (N-methyl/N-ethyl adjacent to an activating group) is 1. The van der Waals surface area contributed by atoms with Crippen LogP contribution in [0.3, 0.4) is 0 Å². The number of anilines is 1. The van der Waals surface area contributed by atoms with Crippen LogP contribution in [0, 0.1) is 6.92 Å². The maximum atomic E-state index is 12.7. The second-order valence-corrected chi connectivity index (χ2v) is 7.58. The van der Waals surface area contributed by atoms with Gasteiger partial charge in [-0.25, -0.2) is 8.42 Å². The number of hydrogen-bond donors (Lipinski definition) is 3. The third kappa shape index (κ3) is 6.40. The molecule has 0 spiro atoms. The van der Waals surface area contributed by atoms with Gasteiger partial charge >= 0.3 is 0 Å². The number of ether oxygens (including phenoxy) is 1. The highest BCUT2D eigenvalue weighted by Crippen LogP contribution is 2.21. The molecule has 2 aromatic carbocycles. The summed E-state index contributed by atoms with van der Waals surface area (Å²) in [5.74, 6) is 0.358. The van der Waals surface area contributed by atoms with E-state index >= 15 is 0 Å². The van der Waals surface area contributed by atoms with Crippen LogP contribution in [0.25, 0.3) is 0 Å². The standard InChI is InChI=1S/C19H25N3O4S.ClH/c1-4-26-16-8-6-15(7-9-16)22-27(24,25)17-10-5-14(2)18(13-17)19(23)21-12-11-20-3;/h5-10,13,20,22H,4,11-12H2,1-3H3,(H,21,23);1H. The van der Waals surface area contributed by atoms with E-state index in [1.54, 1.807) is 44.3 Å². The number of halogens is 1. The predicted octanol–water partition coefficient (Wildman–Crippen LogP) is 2.57. The van der Waals surface area contributed by atoms with Crippen LogP contribution in [0.15, 0.2) is 47.4 Å². The zero-order chi connectivity index (χ0) is 19.9. The first-order valence-corrected chi connectivity index (χ1v) is 10.1. The zero-order valence-electron chi connectivity index (χ0n) is 16.1. The Morgan fingerprint density at radius 2 is 1.75 bits per heavy atom. The summed E-state index contributed by atoms with van der Waals surface area (Å²) in [6.45, 7) is 5.26. The van der Waals surface area contributed by atoms with Crippen LogP contribution in [-0.4, -0.2) is 41.1 Å². The van der Waals surface area contributed by atoms with E-state index in [0.717, 1.165) is 0 Å². The van der Waals surface area contributed by atoms with Gasteiger partial charge in [0.25, 0.3) is 15.9 Å². The SMILES string of the molecule is CCOc1ccc(NS(=O)(=O)c2ccc(C)c(C(=O)NCCNC)c2)cc1.Cl. The smallest absolute Gasteiger partial charge is 0.261 e. The Morgan fingerprint density at radius 1 is 1.07 bits per heavy atom. The van der Waals surface area contributed by atoms with Crippen LogP contribution in [-0.2, 0) is 10.0 Å². The van der Waals surface area contributed by atoms with Crippen molar-refractivity contribution in [2.75, 3.05) is 31.5 Å². The summed E-state index contributed by atoms with van der Waals surface area (Å²) in [4.78, 5) is 12.3. The van der Waals surface area contributed by atoms with Gasteiger partial charge in [0.2, 0.25) is 0 Å². The fraction of sp³-hybridized carbons (Fsp3) is 0.316. The highest BCUT2D eigenvalue weighted by Gasteiger charge is 2.18. The quantitative estimate of drug-likeness (QED) is 0.534. The van der Waals surface area contributed by atoms with E-state index in [0.29, 0.717) is 42.3 Å². The topological polar surface area (TPSA) is 96.5 Å². The van der Waals surface area contributed by atoms with Crippen LogP contribution >= 0.6 is 12.4 Å². The van der Waals surface area contributed by atoms with Crippen molar-refractivity contribution in [3.8, 4) is 5.75 Å². The molecule has 3 N–H and O–H groups in total. The van der Waals surface area contributed by atoms with Crippen LogP contribution < -0.4 is 20.1 Å². The van der Waals surface area contributed by atoms with E-state index in [1.807, 2.05) is 6.92 Å². The molecule has 2 rings (SSSR count). The summed E-state index contributed by atoms with van der Waals surface area (Å²) in [6.07, 6.45) is 0. The first-order chi connectivity index (χ1) is 12.9. The molecule has 0 aliphatic rings. The minimum absolute atomic E-state index is 0. The number of nitrogens with one attached hydrogen (secondary N) is 3. The van der Waals surface area contributed by atoms with E-state index in [2.05, 4.69) is 15.4 Å². The van der Waals surface area contributed by atoms with E-state index in [9.17, 15) is 13.2 Å². The second kappa shape index (κ2) is 10.9. The summed E-state index contributed by atoms with van der Waals surface area (Å²) in [6, 6.07) is 11.1. The van der Waals surface area contributed by atoms with Crippen molar-refractivity contribution in [2.45, 2.75) is 18.7 Å². The van der Waals surface area contributed by atoms with Gasteiger partial charge in [0.15, 0.2) is 0 Å². The fourth-order valence-corrected chi connectivity index (χ4v) is 3.49. The number of benzene rings is 2. The number of hydrogen-bond acceptors (Lipinski definition) is 5. The Morgan fingerprint density at radius 3 is 2.36 bits per heavy atom. The van der Waals surface area contributed by atoms with Crippen molar-refractivity contribution in [3.05, 3.63) is 53.6 Å². The normalized spacial score (nSPS) is 10.7. The Hall–Kier alpha value is -2.29. The molecular formula is C19H26ClN3O4S. The lowest BCUT2D eigenvalue weighted by Gasteiger charge is -2.12. The number of sulfonamides is 1. The van der Waals surface area contributed by atoms with E-state index < -0.39 is 10.0 Å². The first kappa shape index (κ1) is 23.7. The third-order valence-electron chi connectivity index (χ3n) is 3.84. The number of carbonyl (C=O) groups is 1. The lowest BCUT2D eigenvalue weighted by atomic mass is 10.1. The Labute approximate surface area is 172 Å². The van der Waals surface area contributed by atoms with Crippen molar-refractivity contribution < 1.29 is 17.9 Å². The van der Waals surface area contributed by atoms with Crippen molar-refractivity contribution >= 4 is 34.0 Å². The molecule has 28 heavy (non-hydrogen) atoms. The van der Waals surface area contributed by atoms with Crippen molar-refractivity contribution in [1.29, 1.82) is 0 Å². The number of rotatable bonds is 9. The lowest BCUT2D eigenvalue weighted by molar-refractivity contribution is 0.0953. The van der Waals surface area contributed by atoms with Gasteiger partial charge in [-0.05, 0) is 62.9 Å². The van der Waals surface area contributed by atoms with Crippen LogP contribution in [0.5, 0.6) is 5.75 Å². The van der Waals surface area contributed by atoms with Gasteiger partial charge in [0.1, 0.15) is 5.75 Å². The van der Waals surface area contributed by atoms with Gasteiger partial charge in [0.05, 0.1) is 11.5 Å². The molecule has 1 amide bonds. The lowest BCUT2D eigenvalue weighted by Crippen LogP contribution is -2.31. The number of amides is 1. The minimum Gasteiger partial charge on any atom is -0.494 e. The minimum atomic E-state index is -3.82. The molecule has 0 aromatic heterocycles. The van der Waals surface area contributed by atoms with E-state index in [1.165, 1.54) is 12.1 Å². The molecule has 154 valence electrons. The zero-order valence-corrected chi connectivity index (χ0v) is 17.7. The monoisotopic (exact) mass is 427 g/mol. The Balaban J connectivity index is 0.00000392. The summed E-state index contributed by atoms with van der Waals surface area (Å²) in [5, 5.41) is 5.69. The summed E-state index contributed by atoms with van der Waals surface area (Å²) >= 11 is 0. The number of aryl methyl sites for hydroxylation is 1. The third-order valence-corrected chi connectivity index (χ3v) is 5.22. The van der Waals surface area contributed by atoms with E-state index in [4.69, 9.17) is 4.74 Å². The van der Waals surface area contributed by atoms with Crippen molar-refractivity contribution in [2.24, 2.45) is 0 Å². The molecule has 0 bridgehead atoms. The molecule has 0 aliphatic carbocycles. The second-order valence-electron chi connectivity index (χ2n) is 5.90. The van der Waals surface area contributed by atoms with Gasteiger partial charge < -0.3 is 15.4 Å². The van der Waals surface area contributed by atoms with Gasteiger partial charge in [-0.15, -0.1) is 12.4 Å². The van der Waals surface area contributed by atoms with Crippen molar-refractivity contribution in [3.63, 3.8) is 0 Å². The molecule has 0 saturated carbocycles. The average molecular weight is 428 g/mol. The van der Waals surface area contributed by atoms with Crippen LogP contribution in [0.4, 0.5) is 5.69 Å².